The lowest BCUT2D eigenvalue weighted by Gasteiger charge is -2.24. The summed E-state index contributed by atoms with van der Waals surface area (Å²) in [6.45, 7) is 0. The molecule has 5 heteroatoms. The molecule has 51 heavy (non-hydrogen) atoms. The van der Waals surface area contributed by atoms with Crippen molar-refractivity contribution in [3.63, 3.8) is 0 Å². The number of hydrogen-bond acceptors (Lipinski definition) is 5. The van der Waals surface area contributed by atoms with E-state index in [4.69, 9.17) is 19.4 Å². The van der Waals surface area contributed by atoms with Crippen LogP contribution in [0.1, 0.15) is 22.9 Å². The smallest absolute Gasteiger partial charge is 0.228 e. The Morgan fingerprint density at radius 2 is 1.14 bits per heavy atom. The first-order valence-corrected chi connectivity index (χ1v) is 17.1. The molecule has 0 saturated carbocycles. The maximum absolute atomic E-state index is 6.41. The van der Waals surface area contributed by atoms with E-state index < -0.39 is 0 Å². The molecule has 3 heterocycles. The molecule has 1 aliphatic rings. The molecule has 10 rings (SSSR count). The van der Waals surface area contributed by atoms with Crippen LogP contribution in [0, 0.1) is 0 Å². The van der Waals surface area contributed by atoms with Crippen LogP contribution in [0.2, 0.25) is 0 Å². The average molecular weight is 655 g/mol. The van der Waals surface area contributed by atoms with Gasteiger partial charge >= 0.3 is 0 Å². The van der Waals surface area contributed by atoms with Crippen LogP contribution >= 0.6 is 0 Å². The van der Waals surface area contributed by atoms with Crippen molar-refractivity contribution in [2.75, 3.05) is 0 Å². The molecule has 0 bridgehead atoms. The van der Waals surface area contributed by atoms with Gasteiger partial charge in [0, 0.05) is 22.1 Å². The first kappa shape index (κ1) is 29.1. The SMILES string of the molecule is c1ccc(C2=NC(c3ccc(-c4ccc5ccccc5c4)cc3)NC(c3cc(-c4ccc5ccccc5c4)nc4oc5ccccc5c34)=N2)cc1. The van der Waals surface area contributed by atoms with Crippen LogP contribution in [0.3, 0.4) is 0 Å². The molecular formula is C46H30N4O. The fraction of sp³-hybridized carbons (Fsp3) is 0.0217. The Morgan fingerprint density at radius 3 is 1.90 bits per heavy atom. The second-order valence-electron chi connectivity index (χ2n) is 12.9. The Morgan fingerprint density at radius 1 is 0.510 bits per heavy atom. The Balaban J connectivity index is 1.11. The number of amidine groups is 2. The third kappa shape index (κ3) is 5.23. The van der Waals surface area contributed by atoms with Crippen molar-refractivity contribution in [3.8, 4) is 22.4 Å². The third-order valence-electron chi connectivity index (χ3n) is 9.73. The zero-order valence-corrected chi connectivity index (χ0v) is 27.5. The molecule has 0 saturated heterocycles. The van der Waals surface area contributed by atoms with Gasteiger partial charge in [0.05, 0.1) is 11.1 Å². The summed E-state index contributed by atoms with van der Waals surface area (Å²) in [5, 5.41) is 10.4. The molecule has 0 aliphatic carbocycles. The highest BCUT2D eigenvalue weighted by Crippen LogP contribution is 2.36. The monoisotopic (exact) mass is 654 g/mol. The van der Waals surface area contributed by atoms with Crippen molar-refractivity contribution in [1.82, 2.24) is 10.3 Å². The van der Waals surface area contributed by atoms with Gasteiger partial charge < -0.3 is 9.73 Å². The van der Waals surface area contributed by atoms with Crippen molar-refractivity contribution in [2.24, 2.45) is 9.98 Å². The third-order valence-corrected chi connectivity index (χ3v) is 9.73. The molecule has 0 radical (unpaired) electrons. The van der Waals surface area contributed by atoms with Gasteiger partial charge in [0.2, 0.25) is 5.71 Å². The lowest BCUT2D eigenvalue weighted by molar-refractivity contribution is 0.654. The minimum absolute atomic E-state index is 0.371. The number of pyridine rings is 1. The lowest BCUT2D eigenvalue weighted by Crippen LogP contribution is -2.33. The minimum Gasteiger partial charge on any atom is -0.438 e. The van der Waals surface area contributed by atoms with Crippen molar-refractivity contribution in [2.45, 2.75) is 6.17 Å². The summed E-state index contributed by atoms with van der Waals surface area (Å²) in [7, 11) is 0. The Hall–Kier alpha value is -6.85. The molecule has 7 aromatic carbocycles. The summed E-state index contributed by atoms with van der Waals surface area (Å²) >= 11 is 0. The van der Waals surface area contributed by atoms with E-state index in [1.807, 2.05) is 36.4 Å². The van der Waals surface area contributed by atoms with Crippen molar-refractivity contribution >= 4 is 55.3 Å². The largest absolute Gasteiger partial charge is 0.438 e. The van der Waals surface area contributed by atoms with Gasteiger partial charge in [0.25, 0.3) is 0 Å². The number of nitrogens with zero attached hydrogens (tertiary/aromatic N) is 3. The number of aliphatic imine (C=N–C) groups is 2. The van der Waals surface area contributed by atoms with E-state index in [0.717, 1.165) is 55.3 Å². The molecule has 1 aliphatic heterocycles. The predicted molar refractivity (Wildman–Crippen MR) is 209 cm³/mol. The molecule has 0 amide bonds. The molecule has 240 valence electrons. The maximum atomic E-state index is 6.41. The van der Waals surface area contributed by atoms with Gasteiger partial charge in [0.1, 0.15) is 17.6 Å². The second kappa shape index (κ2) is 11.9. The summed E-state index contributed by atoms with van der Waals surface area (Å²) in [5.74, 6) is 1.38. The van der Waals surface area contributed by atoms with Crippen LogP contribution in [0.4, 0.5) is 0 Å². The zero-order chi connectivity index (χ0) is 33.7. The summed E-state index contributed by atoms with van der Waals surface area (Å²) in [5.41, 5.74) is 8.41. The molecule has 9 aromatic rings. The highest BCUT2D eigenvalue weighted by atomic mass is 16.3. The molecule has 0 fully saturated rings. The Kier molecular flexibility index (Phi) is 6.81. The number of nitrogens with one attached hydrogen (secondary N) is 1. The van der Waals surface area contributed by atoms with E-state index in [2.05, 4.69) is 139 Å². The van der Waals surface area contributed by atoms with E-state index in [-0.39, 0.29) is 6.17 Å². The average Bonchev–Trinajstić information content (AvgIpc) is 3.59. The predicted octanol–water partition coefficient (Wildman–Crippen LogP) is 11.1. The van der Waals surface area contributed by atoms with Crippen molar-refractivity contribution in [3.05, 3.63) is 187 Å². The number of aromatic nitrogens is 1. The standard InChI is InChI=1S/C46H30N4O/c1-2-12-32(13-3-1)43-48-44(33-22-18-31(19-23-33)36-24-20-29-10-4-6-14-34(29)26-36)50-45(49-43)39-28-40(37-25-21-30-11-5-7-15-35(30)27-37)47-46-42(39)38-16-8-9-17-41(38)51-46/h1-28,44H,(H,48,49,50). The van der Waals surface area contributed by atoms with E-state index in [1.165, 1.54) is 21.7 Å². The van der Waals surface area contributed by atoms with Gasteiger partial charge in [-0.05, 0) is 62.5 Å². The summed E-state index contributed by atoms with van der Waals surface area (Å²) < 4.78 is 6.41. The first-order valence-electron chi connectivity index (χ1n) is 17.1. The van der Waals surface area contributed by atoms with Gasteiger partial charge in [-0.1, -0.05) is 146 Å². The van der Waals surface area contributed by atoms with Crippen LogP contribution in [-0.2, 0) is 0 Å². The van der Waals surface area contributed by atoms with E-state index >= 15 is 0 Å². The topological polar surface area (TPSA) is 62.8 Å². The minimum atomic E-state index is -0.371. The summed E-state index contributed by atoms with van der Waals surface area (Å²) in [6, 6.07) is 59.0. The molecule has 5 nitrogen and oxygen atoms in total. The Labute approximate surface area is 294 Å². The molecule has 1 atom stereocenters. The van der Waals surface area contributed by atoms with Crippen LogP contribution < -0.4 is 5.32 Å². The van der Waals surface area contributed by atoms with Crippen molar-refractivity contribution in [1.29, 1.82) is 0 Å². The van der Waals surface area contributed by atoms with E-state index in [9.17, 15) is 0 Å². The van der Waals surface area contributed by atoms with Gasteiger partial charge in [-0.15, -0.1) is 0 Å². The molecule has 1 N–H and O–H groups in total. The fourth-order valence-electron chi connectivity index (χ4n) is 7.11. The highest BCUT2D eigenvalue weighted by molar-refractivity contribution is 6.21. The fourth-order valence-corrected chi connectivity index (χ4v) is 7.11. The zero-order valence-electron chi connectivity index (χ0n) is 27.5. The first-order chi connectivity index (χ1) is 25.2. The maximum Gasteiger partial charge on any atom is 0.228 e. The number of furan rings is 1. The molecule has 2 aromatic heterocycles. The molecule has 1 unspecified atom stereocenters. The van der Waals surface area contributed by atoms with Gasteiger partial charge in [-0.25, -0.2) is 15.0 Å². The number of hydrogen-bond donors (Lipinski definition) is 1. The molecular weight excluding hydrogens is 625 g/mol. The number of rotatable bonds is 5. The summed E-state index contributed by atoms with van der Waals surface area (Å²) in [6.07, 6.45) is -0.371. The van der Waals surface area contributed by atoms with Gasteiger partial charge in [0.15, 0.2) is 5.84 Å². The van der Waals surface area contributed by atoms with Crippen molar-refractivity contribution < 1.29 is 4.42 Å². The van der Waals surface area contributed by atoms with Gasteiger partial charge in [-0.2, -0.15) is 0 Å². The Bertz CT molecular complexity index is 2830. The second-order valence-corrected chi connectivity index (χ2v) is 12.9. The quantitative estimate of drug-likeness (QED) is 0.201. The highest BCUT2D eigenvalue weighted by Gasteiger charge is 2.25. The van der Waals surface area contributed by atoms with Gasteiger partial charge in [-0.3, -0.25) is 0 Å². The molecule has 0 spiro atoms. The normalized spacial score (nSPS) is 14.5. The van der Waals surface area contributed by atoms with Crippen LogP contribution in [-0.4, -0.2) is 16.7 Å². The van der Waals surface area contributed by atoms with E-state index in [1.54, 1.807) is 0 Å². The van der Waals surface area contributed by atoms with Crippen LogP contribution in [0.25, 0.3) is 66.0 Å². The van der Waals surface area contributed by atoms with Crippen LogP contribution in [0.15, 0.2) is 184 Å². The number of para-hydroxylation sites is 1. The number of fused-ring (bicyclic) bond motifs is 5. The van der Waals surface area contributed by atoms with Crippen LogP contribution in [0.5, 0.6) is 0 Å². The number of benzene rings is 7. The van der Waals surface area contributed by atoms with E-state index in [0.29, 0.717) is 17.4 Å². The lowest BCUT2D eigenvalue weighted by atomic mass is 9.99. The summed E-state index contributed by atoms with van der Waals surface area (Å²) in [4.78, 5) is 15.4.